The van der Waals surface area contributed by atoms with E-state index in [-0.39, 0.29) is 5.63 Å². The molecular formula is C17H14O3. The predicted molar refractivity (Wildman–Crippen MR) is 79.2 cm³/mol. The van der Waals surface area contributed by atoms with Gasteiger partial charge in [0.05, 0.1) is 18.1 Å². The van der Waals surface area contributed by atoms with Gasteiger partial charge in [0.15, 0.2) is 0 Å². The van der Waals surface area contributed by atoms with Crippen LogP contribution in [-0.2, 0) is 0 Å². The summed E-state index contributed by atoms with van der Waals surface area (Å²) in [5.74, 6) is 0.694. The number of methoxy groups -OCH3 is 1. The Labute approximate surface area is 116 Å². The van der Waals surface area contributed by atoms with E-state index in [0.717, 1.165) is 16.5 Å². The van der Waals surface area contributed by atoms with Gasteiger partial charge in [-0.05, 0) is 30.7 Å². The summed E-state index contributed by atoms with van der Waals surface area (Å²) < 4.78 is 10.7. The van der Waals surface area contributed by atoms with Crippen molar-refractivity contribution < 1.29 is 9.15 Å². The second kappa shape index (κ2) is 4.85. The van der Waals surface area contributed by atoms with Gasteiger partial charge in [0, 0.05) is 0 Å². The molecule has 0 spiro atoms. The van der Waals surface area contributed by atoms with Crippen molar-refractivity contribution in [1.29, 1.82) is 0 Å². The van der Waals surface area contributed by atoms with Gasteiger partial charge >= 0.3 is 5.63 Å². The summed E-state index contributed by atoms with van der Waals surface area (Å²) in [5.41, 5.74) is 2.73. The summed E-state index contributed by atoms with van der Waals surface area (Å²) >= 11 is 0. The lowest BCUT2D eigenvalue weighted by molar-refractivity contribution is 0.418. The monoisotopic (exact) mass is 266 g/mol. The number of fused-ring (bicyclic) bond motifs is 1. The lowest BCUT2D eigenvalue weighted by atomic mass is 10.0. The lowest BCUT2D eigenvalue weighted by Gasteiger charge is -2.06. The quantitative estimate of drug-likeness (QED) is 0.663. The van der Waals surface area contributed by atoms with Gasteiger partial charge in [-0.3, -0.25) is 0 Å². The highest BCUT2D eigenvalue weighted by atomic mass is 16.5. The molecule has 1 aromatic heterocycles. The van der Waals surface area contributed by atoms with Crippen molar-refractivity contribution in [3.63, 3.8) is 0 Å². The molecular weight excluding hydrogens is 252 g/mol. The van der Waals surface area contributed by atoms with Crippen LogP contribution in [0.1, 0.15) is 5.56 Å². The maximum atomic E-state index is 12.1. The van der Waals surface area contributed by atoms with E-state index in [9.17, 15) is 4.79 Å². The smallest absolute Gasteiger partial charge is 0.344 e. The van der Waals surface area contributed by atoms with Crippen molar-refractivity contribution in [1.82, 2.24) is 0 Å². The lowest BCUT2D eigenvalue weighted by Crippen LogP contribution is -2.03. The number of ether oxygens (including phenoxy) is 1. The van der Waals surface area contributed by atoms with Crippen LogP contribution in [0.25, 0.3) is 22.1 Å². The number of benzene rings is 2. The first-order valence-corrected chi connectivity index (χ1v) is 6.37. The fraction of sp³-hybridized carbons (Fsp3) is 0.118. The Hall–Kier alpha value is -2.55. The molecule has 0 bridgehead atoms. The predicted octanol–water partition coefficient (Wildman–Crippen LogP) is 3.78. The van der Waals surface area contributed by atoms with Crippen LogP contribution in [-0.4, -0.2) is 7.11 Å². The molecule has 0 aliphatic rings. The Balaban J connectivity index is 2.28. The first-order chi connectivity index (χ1) is 9.69. The van der Waals surface area contributed by atoms with Crippen molar-refractivity contribution in [2.45, 2.75) is 6.92 Å². The topological polar surface area (TPSA) is 39.4 Å². The van der Waals surface area contributed by atoms with E-state index in [4.69, 9.17) is 9.15 Å². The molecule has 0 saturated carbocycles. The molecule has 100 valence electrons. The van der Waals surface area contributed by atoms with Gasteiger partial charge in [-0.15, -0.1) is 0 Å². The zero-order valence-corrected chi connectivity index (χ0v) is 11.3. The molecule has 3 aromatic rings. The van der Waals surface area contributed by atoms with Crippen LogP contribution in [0.15, 0.2) is 57.7 Å². The number of hydrogen-bond donors (Lipinski definition) is 0. The Morgan fingerprint density at radius 1 is 1.05 bits per heavy atom. The van der Waals surface area contributed by atoms with Gasteiger partial charge in [0.25, 0.3) is 0 Å². The van der Waals surface area contributed by atoms with Crippen LogP contribution >= 0.6 is 0 Å². The van der Waals surface area contributed by atoms with E-state index in [1.807, 2.05) is 43.3 Å². The fourth-order valence-corrected chi connectivity index (χ4v) is 2.23. The number of aryl methyl sites for hydroxylation is 1. The molecule has 0 unspecified atom stereocenters. The molecule has 0 saturated heterocycles. The third kappa shape index (κ3) is 2.07. The Kier molecular flexibility index (Phi) is 3.03. The summed E-state index contributed by atoms with van der Waals surface area (Å²) in [7, 11) is 1.60. The van der Waals surface area contributed by atoms with E-state index < -0.39 is 0 Å². The molecule has 0 radical (unpaired) electrons. The molecule has 1 heterocycles. The van der Waals surface area contributed by atoms with Crippen LogP contribution < -0.4 is 10.4 Å². The maximum Gasteiger partial charge on any atom is 0.344 e. The van der Waals surface area contributed by atoms with Crippen molar-refractivity contribution >= 4 is 11.0 Å². The molecule has 0 amide bonds. The molecule has 20 heavy (non-hydrogen) atoms. The average Bonchev–Trinajstić information content (AvgIpc) is 2.47. The highest BCUT2D eigenvalue weighted by Crippen LogP contribution is 2.28. The highest BCUT2D eigenvalue weighted by molar-refractivity contribution is 5.87. The zero-order chi connectivity index (χ0) is 14.1. The maximum absolute atomic E-state index is 12.1. The largest absolute Gasteiger partial charge is 0.496 e. The fourth-order valence-electron chi connectivity index (χ4n) is 2.23. The van der Waals surface area contributed by atoms with Gasteiger partial charge in [-0.2, -0.15) is 0 Å². The van der Waals surface area contributed by atoms with Gasteiger partial charge in [0.1, 0.15) is 11.3 Å². The Morgan fingerprint density at radius 3 is 2.50 bits per heavy atom. The summed E-state index contributed by atoms with van der Waals surface area (Å²) in [6.07, 6.45) is 0. The van der Waals surface area contributed by atoms with E-state index in [2.05, 4.69) is 0 Å². The highest BCUT2D eigenvalue weighted by Gasteiger charge is 2.10. The van der Waals surface area contributed by atoms with Gasteiger partial charge < -0.3 is 9.15 Å². The summed E-state index contributed by atoms with van der Waals surface area (Å²) in [6, 6.07) is 15.0. The molecule has 3 heteroatoms. The third-order valence-electron chi connectivity index (χ3n) is 3.32. The van der Waals surface area contributed by atoms with Gasteiger partial charge in [0.2, 0.25) is 0 Å². The minimum atomic E-state index is -0.338. The average molecular weight is 266 g/mol. The molecule has 3 nitrogen and oxygen atoms in total. The van der Waals surface area contributed by atoms with Gasteiger partial charge in [-0.1, -0.05) is 35.9 Å². The Morgan fingerprint density at radius 2 is 1.80 bits per heavy atom. The standard InChI is InChI=1S/C17H14O3/c1-11-6-8-12(9-7-11)13-10-14-15(19-2)4-3-5-16(14)20-17(13)18/h3-10H,1-2H3. The number of hydrogen-bond acceptors (Lipinski definition) is 3. The SMILES string of the molecule is COc1cccc2oc(=O)c(-c3ccc(C)cc3)cc12. The number of rotatable bonds is 2. The summed E-state index contributed by atoms with van der Waals surface area (Å²) in [4.78, 5) is 12.1. The summed E-state index contributed by atoms with van der Waals surface area (Å²) in [5, 5.41) is 0.796. The van der Waals surface area contributed by atoms with E-state index in [1.165, 1.54) is 0 Å². The van der Waals surface area contributed by atoms with E-state index in [1.54, 1.807) is 19.2 Å². The minimum absolute atomic E-state index is 0.338. The second-order valence-corrected chi connectivity index (χ2v) is 4.69. The Bertz CT molecular complexity index is 814. The second-order valence-electron chi connectivity index (χ2n) is 4.69. The normalized spacial score (nSPS) is 10.7. The van der Waals surface area contributed by atoms with Crippen LogP contribution in [0.4, 0.5) is 0 Å². The first kappa shape index (κ1) is 12.5. The summed E-state index contributed by atoms with van der Waals surface area (Å²) in [6.45, 7) is 2.01. The molecule has 0 atom stereocenters. The molecule has 0 fully saturated rings. The minimum Gasteiger partial charge on any atom is -0.496 e. The van der Waals surface area contributed by atoms with Gasteiger partial charge in [-0.25, -0.2) is 4.79 Å². The van der Waals surface area contributed by atoms with Crippen molar-refractivity contribution in [3.8, 4) is 16.9 Å². The van der Waals surface area contributed by atoms with Crippen LogP contribution in [0.3, 0.4) is 0 Å². The molecule has 0 aliphatic heterocycles. The molecule has 0 N–H and O–H groups in total. The van der Waals surface area contributed by atoms with E-state index in [0.29, 0.717) is 16.9 Å². The van der Waals surface area contributed by atoms with Crippen molar-refractivity contribution in [2.75, 3.05) is 7.11 Å². The van der Waals surface area contributed by atoms with Crippen LogP contribution in [0.5, 0.6) is 5.75 Å². The van der Waals surface area contributed by atoms with Crippen molar-refractivity contribution in [3.05, 3.63) is 64.5 Å². The van der Waals surface area contributed by atoms with Crippen molar-refractivity contribution in [2.24, 2.45) is 0 Å². The third-order valence-corrected chi connectivity index (χ3v) is 3.32. The molecule has 3 rings (SSSR count). The molecule has 0 aliphatic carbocycles. The van der Waals surface area contributed by atoms with Crippen LogP contribution in [0, 0.1) is 6.92 Å². The molecule has 2 aromatic carbocycles. The van der Waals surface area contributed by atoms with Crippen LogP contribution in [0.2, 0.25) is 0 Å². The zero-order valence-electron chi connectivity index (χ0n) is 11.3. The first-order valence-electron chi connectivity index (χ1n) is 6.37. The van der Waals surface area contributed by atoms with E-state index >= 15 is 0 Å².